The minimum atomic E-state index is -0.340. The van der Waals surface area contributed by atoms with E-state index in [-0.39, 0.29) is 18.4 Å². The van der Waals surface area contributed by atoms with E-state index < -0.39 is 0 Å². The Balaban J connectivity index is 1.86. The Morgan fingerprint density at radius 3 is 2.67 bits per heavy atom. The standard InChI is InChI=1S/C13H18N6O2/c1-4-19-6-5-11(17-19)15-12(20)8-14-13(21)10-7-9(2)16-18(10)3/h5-7H,4,8H2,1-3H3,(H,14,21)(H,15,17,20). The lowest BCUT2D eigenvalue weighted by molar-refractivity contribution is -0.115. The summed E-state index contributed by atoms with van der Waals surface area (Å²) in [5.74, 6) is -0.205. The van der Waals surface area contributed by atoms with E-state index in [9.17, 15) is 9.59 Å². The summed E-state index contributed by atoms with van der Waals surface area (Å²) in [6, 6.07) is 3.36. The van der Waals surface area contributed by atoms with E-state index in [0.717, 1.165) is 12.2 Å². The van der Waals surface area contributed by atoms with Crippen molar-refractivity contribution in [1.82, 2.24) is 24.9 Å². The maximum absolute atomic E-state index is 11.9. The van der Waals surface area contributed by atoms with E-state index in [1.807, 2.05) is 6.92 Å². The van der Waals surface area contributed by atoms with Gasteiger partial charge in [0.2, 0.25) is 5.91 Å². The van der Waals surface area contributed by atoms with E-state index in [1.165, 1.54) is 4.68 Å². The van der Waals surface area contributed by atoms with E-state index in [1.54, 1.807) is 37.0 Å². The smallest absolute Gasteiger partial charge is 0.269 e. The van der Waals surface area contributed by atoms with Crippen LogP contribution in [-0.4, -0.2) is 37.9 Å². The van der Waals surface area contributed by atoms with Gasteiger partial charge in [0.1, 0.15) is 5.69 Å². The topological polar surface area (TPSA) is 93.8 Å². The van der Waals surface area contributed by atoms with Crippen molar-refractivity contribution in [3.05, 3.63) is 29.7 Å². The van der Waals surface area contributed by atoms with Gasteiger partial charge in [0.25, 0.3) is 5.91 Å². The molecule has 0 aliphatic rings. The fourth-order valence-electron chi connectivity index (χ4n) is 1.87. The van der Waals surface area contributed by atoms with Crippen LogP contribution in [0.1, 0.15) is 23.1 Å². The minimum absolute atomic E-state index is 0.123. The predicted octanol–water partition coefficient (Wildman–Crippen LogP) is 0.313. The second-order valence-corrected chi connectivity index (χ2v) is 4.58. The van der Waals surface area contributed by atoms with Crippen molar-refractivity contribution < 1.29 is 9.59 Å². The average Bonchev–Trinajstić information content (AvgIpc) is 3.02. The molecule has 0 saturated carbocycles. The van der Waals surface area contributed by atoms with Crippen molar-refractivity contribution in [2.24, 2.45) is 7.05 Å². The third kappa shape index (κ3) is 3.68. The summed E-state index contributed by atoms with van der Waals surface area (Å²) in [5.41, 5.74) is 1.16. The van der Waals surface area contributed by atoms with Gasteiger partial charge in [-0.15, -0.1) is 0 Å². The maximum atomic E-state index is 11.9. The van der Waals surface area contributed by atoms with E-state index in [4.69, 9.17) is 0 Å². The number of hydrogen-bond donors (Lipinski definition) is 2. The van der Waals surface area contributed by atoms with Gasteiger partial charge in [-0.2, -0.15) is 10.2 Å². The molecule has 8 nitrogen and oxygen atoms in total. The third-order valence-corrected chi connectivity index (χ3v) is 2.88. The van der Waals surface area contributed by atoms with Crippen molar-refractivity contribution in [3.63, 3.8) is 0 Å². The zero-order valence-corrected chi connectivity index (χ0v) is 12.3. The number of nitrogens with one attached hydrogen (secondary N) is 2. The molecule has 0 fully saturated rings. The van der Waals surface area contributed by atoms with Crippen LogP contribution in [-0.2, 0) is 18.4 Å². The first-order chi connectivity index (χ1) is 9.99. The average molecular weight is 290 g/mol. The normalized spacial score (nSPS) is 10.4. The van der Waals surface area contributed by atoms with Crippen molar-refractivity contribution in [2.75, 3.05) is 11.9 Å². The molecule has 2 amide bonds. The third-order valence-electron chi connectivity index (χ3n) is 2.88. The lowest BCUT2D eigenvalue weighted by Crippen LogP contribution is -2.33. The van der Waals surface area contributed by atoms with Crippen LogP contribution in [0, 0.1) is 6.92 Å². The summed E-state index contributed by atoms with van der Waals surface area (Å²) in [7, 11) is 1.68. The van der Waals surface area contributed by atoms with Crippen LogP contribution in [0.3, 0.4) is 0 Å². The summed E-state index contributed by atoms with van der Waals surface area (Å²) in [5, 5.41) is 13.4. The summed E-state index contributed by atoms with van der Waals surface area (Å²) < 4.78 is 3.18. The zero-order valence-electron chi connectivity index (χ0n) is 12.3. The number of aryl methyl sites for hydroxylation is 3. The molecule has 0 aliphatic carbocycles. The summed E-state index contributed by atoms with van der Waals surface area (Å²) in [4.78, 5) is 23.7. The Morgan fingerprint density at radius 1 is 1.33 bits per heavy atom. The molecule has 0 radical (unpaired) electrons. The number of aromatic nitrogens is 4. The van der Waals surface area contributed by atoms with Crippen molar-refractivity contribution >= 4 is 17.6 Å². The molecule has 0 aromatic carbocycles. The molecule has 0 atom stereocenters. The second-order valence-electron chi connectivity index (χ2n) is 4.58. The van der Waals surface area contributed by atoms with Crippen LogP contribution in [0.5, 0.6) is 0 Å². The molecule has 2 aromatic heterocycles. The minimum Gasteiger partial charge on any atom is -0.342 e. The molecule has 0 unspecified atom stereocenters. The molecule has 8 heteroatoms. The van der Waals surface area contributed by atoms with Crippen molar-refractivity contribution in [3.8, 4) is 0 Å². The molecule has 112 valence electrons. The van der Waals surface area contributed by atoms with E-state index in [0.29, 0.717) is 11.5 Å². The SMILES string of the molecule is CCn1ccc(NC(=O)CNC(=O)c2cc(C)nn2C)n1. The van der Waals surface area contributed by atoms with Gasteiger partial charge >= 0.3 is 0 Å². The first-order valence-corrected chi connectivity index (χ1v) is 6.61. The van der Waals surface area contributed by atoms with Gasteiger partial charge in [0.15, 0.2) is 5.82 Å². The number of anilines is 1. The molecule has 2 rings (SSSR count). The van der Waals surface area contributed by atoms with Gasteiger partial charge in [-0.25, -0.2) is 0 Å². The highest BCUT2D eigenvalue weighted by Crippen LogP contribution is 2.03. The van der Waals surface area contributed by atoms with E-state index >= 15 is 0 Å². The quantitative estimate of drug-likeness (QED) is 0.829. The summed E-state index contributed by atoms with van der Waals surface area (Å²) in [6.07, 6.45) is 1.77. The molecule has 0 bridgehead atoms. The molecular formula is C13H18N6O2. The fourth-order valence-corrected chi connectivity index (χ4v) is 1.87. The van der Waals surface area contributed by atoms with Gasteiger partial charge in [0.05, 0.1) is 12.2 Å². The Morgan fingerprint density at radius 2 is 2.10 bits per heavy atom. The van der Waals surface area contributed by atoms with Gasteiger partial charge in [0, 0.05) is 25.9 Å². The van der Waals surface area contributed by atoms with Crippen LogP contribution < -0.4 is 10.6 Å². The largest absolute Gasteiger partial charge is 0.342 e. The highest BCUT2D eigenvalue weighted by Gasteiger charge is 2.13. The highest BCUT2D eigenvalue weighted by atomic mass is 16.2. The Hall–Kier alpha value is -2.64. The number of rotatable bonds is 5. The van der Waals surface area contributed by atoms with Crippen LogP contribution in [0.4, 0.5) is 5.82 Å². The summed E-state index contributed by atoms with van der Waals surface area (Å²) >= 11 is 0. The Bertz CT molecular complexity index is 657. The first kappa shape index (κ1) is 14.8. The van der Waals surface area contributed by atoms with Gasteiger partial charge in [-0.05, 0) is 19.9 Å². The number of amides is 2. The Labute approximate surface area is 122 Å². The number of carbonyl (C=O) groups excluding carboxylic acids is 2. The summed E-state index contributed by atoms with van der Waals surface area (Å²) in [6.45, 7) is 4.36. The molecule has 0 spiro atoms. The number of nitrogens with zero attached hydrogens (tertiary/aromatic N) is 4. The van der Waals surface area contributed by atoms with Crippen LogP contribution in [0.25, 0.3) is 0 Å². The van der Waals surface area contributed by atoms with Crippen molar-refractivity contribution in [1.29, 1.82) is 0 Å². The molecule has 2 N–H and O–H groups in total. The number of carbonyl (C=O) groups is 2. The van der Waals surface area contributed by atoms with Crippen molar-refractivity contribution in [2.45, 2.75) is 20.4 Å². The molecule has 0 aliphatic heterocycles. The first-order valence-electron chi connectivity index (χ1n) is 6.61. The van der Waals surface area contributed by atoms with Crippen LogP contribution in [0.15, 0.2) is 18.3 Å². The Kier molecular flexibility index (Phi) is 4.36. The number of hydrogen-bond acceptors (Lipinski definition) is 4. The molecule has 0 saturated heterocycles. The van der Waals surface area contributed by atoms with Gasteiger partial charge < -0.3 is 10.6 Å². The van der Waals surface area contributed by atoms with Crippen LogP contribution in [0.2, 0.25) is 0 Å². The maximum Gasteiger partial charge on any atom is 0.269 e. The molecule has 21 heavy (non-hydrogen) atoms. The fraction of sp³-hybridized carbons (Fsp3) is 0.385. The molecular weight excluding hydrogens is 272 g/mol. The molecule has 2 heterocycles. The molecule has 2 aromatic rings. The monoisotopic (exact) mass is 290 g/mol. The van der Waals surface area contributed by atoms with Gasteiger partial charge in [-0.1, -0.05) is 0 Å². The zero-order chi connectivity index (χ0) is 15.4. The predicted molar refractivity (Wildman–Crippen MR) is 76.8 cm³/mol. The van der Waals surface area contributed by atoms with E-state index in [2.05, 4.69) is 20.8 Å². The second kappa shape index (κ2) is 6.21. The highest BCUT2D eigenvalue weighted by molar-refractivity contribution is 5.98. The van der Waals surface area contributed by atoms with Gasteiger partial charge in [-0.3, -0.25) is 19.0 Å². The van der Waals surface area contributed by atoms with Crippen LogP contribution >= 0.6 is 0 Å². The lowest BCUT2D eigenvalue weighted by Gasteiger charge is -2.05. The lowest BCUT2D eigenvalue weighted by atomic mass is 10.3.